The Hall–Kier alpha value is -1.66. The average Bonchev–Trinajstić information content (AvgIpc) is 3.58. The number of nitrogens with zero attached hydrogens (tertiary/aromatic N) is 4. The summed E-state index contributed by atoms with van der Waals surface area (Å²) in [6.45, 7) is 6.36. The minimum absolute atomic E-state index is 0.0541. The monoisotopic (exact) mass is 544 g/mol. The van der Waals surface area contributed by atoms with Crippen molar-refractivity contribution in [2.24, 2.45) is 0 Å². The van der Waals surface area contributed by atoms with Crippen LogP contribution in [0.25, 0.3) is 0 Å². The molecule has 0 aromatic carbocycles. The molecule has 2 heterocycles. The lowest BCUT2D eigenvalue weighted by Crippen LogP contribution is -2.17. The number of hydrogen-bond acceptors (Lipinski definition) is 4. The van der Waals surface area contributed by atoms with Crippen LogP contribution in [0, 0.1) is 0 Å². The predicted molar refractivity (Wildman–Crippen MR) is 163 cm³/mol. The van der Waals surface area contributed by atoms with E-state index in [9.17, 15) is 5.11 Å². The molecule has 0 radical (unpaired) electrons. The highest BCUT2D eigenvalue weighted by Gasteiger charge is 2.24. The van der Waals surface area contributed by atoms with Gasteiger partial charge in [-0.05, 0) is 12.8 Å². The summed E-state index contributed by atoms with van der Waals surface area (Å²) in [5.74, 6) is 1.76. The molecule has 0 aliphatic carbocycles. The highest BCUT2D eigenvalue weighted by Crippen LogP contribution is 2.25. The van der Waals surface area contributed by atoms with E-state index < -0.39 is 0 Å². The fraction of sp³-hybridized carbons (Fsp3) is 0.818. The van der Waals surface area contributed by atoms with Crippen LogP contribution in [0.3, 0.4) is 0 Å². The van der Waals surface area contributed by atoms with Crippen LogP contribution in [0.5, 0.6) is 0 Å². The first-order valence-corrected chi connectivity index (χ1v) is 16.5. The van der Waals surface area contributed by atoms with Gasteiger partial charge in [-0.25, -0.2) is 9.97 Å². The van der Waals surface area contributed by atoms with Crippen LogP contribution in [0.2, 0.25) is 0 Å². The molecule has 1 atom stereocenters. The first kappa shape index (κ1) is 33.5. The van der Waals surface area contributed by atoms with Gasteiger partial charge < -0.3 is 19.0 Å². The van der Waals surface area contributed by atoms with Crippen LogP contribution in [-0.2, 0) is 24.4 Å². The molecule has 6 heteroatoms. The molecule has 0 saturated heterocycles. The van der Waals surface area contributed by atoms with E-state index in [1.807, 2.05) is 12.4 Å². The quantitative estimate of drug-likeness (QED) is 0.120. The Morgan fingerprint density at radius 1 is 0.667 bits per heavy atom. The van der Waals surface area contributed by atoms with Gasteiger partial charge in [0.2, 0.25) is 0 Å². The second-order valence-corrected chi connectivity index (χ2v) is 11.4. The summed E-state index contributed by atoms with van der Waals surface area (Å²) >= 11 is 0. The van der Waals surface area contributed by atoms with E-state index >= 15 is 0 Å². The van der Waals surface area contributed by atoms with Crippen molar-refractivity contribution in [2.75, 3.05) is 7.11 Å². The lowest BCUT2D eigenvalue weighted by Gasteiger charge is -2.18. The van der Waals surface area contributed by atoms with Crippen LogP contribution >= 0.6 is 0 Å². The third kappa shape index (κ3) is 13.5. The zero-order chi connectivity index (χ0) is 28.0. The van der Waals surface area contributed by atoms with Crippen LogP contribution in [0.15, 0.2) is 18.6 Å². The lowest BCUT2D eigenvalue weighted by molar-refractivity contribution is 0.114. The van der Waals surface area contributed by atoms with Gasteiger partial charge in [0.05, 0.1) is 12.3 Å². The molecule has 1 N–H and O–H groups in total. The zero-order valence-electron chi connectivity index (χ0n) is 25.7. The van der Waals surface area contributed by atoms with Crippen LogP contribution < -0.4 is 0 Å². The van der Waals surface area contributed by atoms with E-state index in [4.69, 9.17) is 9.72 Å². The van der Waals surface area contributed by atoms with Crippen molar-refractivity contribution in [3.8, 4) is 0 Å². The molecule has 224 valence electrons. The van der Waals surface area contributed by atoms with Crippen molar-refractivity contribution in [3.63, 3.8) is 0 Å². The Kier molecular flexibility index (Phi) is 19.0. The van der Waals surface area contributed by atoms with Crippen molar-refractivity contribution in [3.05, 3.63) is 35.9 Å². The fourth-order valence-electron chi connectivity index (χ4n) is 5.56. The SMILES string of the molecule is CCCCCCCCCCCCn1ccnc1C(OC)c1nc(CO)cn1CCCCCCCCCCCC. The van der Waals surface area contributed by atoms with E-state index in [2.05, 4.69) is 34.2 Å². The summed E-state index contributed by atoms with van der Waals surface area (Å²) < 4.78 is 10.4. The maximum absolute atomic E-state index is 9.78. The third-order valence-electron chi connectivity index (χ3n) is 7.98. The number of methoxy groups -OCH3 is 1. The number of imidazole rings is 2. The number of aromatic nitrogens is 4. The Balaban J connectivity index is 1.79. The number of rotatable bonds is 26. The van der Waals surface area contributed by atoms with E-state index in [1.165, 1.54) is 116 Å². The molecular formula is C33H60N4O2. The molecule has 0 spiro atoms. The number of unbranched alkanes of at least 4 members (excludes halogenated alkanes) is 18. The number of ether oxygens (including phenoxy) is 1. The minimum atomic E-state index is -0.327. The van der Waals surface area contributed by atoms with E-state index in [0.717, 1.165) is 37.6 Å². The molecule has 39 heavy (non-hydrogen) atoms. The van der Waals surface area contributed by atoms with Gasteiger partial charge in [0.15, 0.2) is 6.10 Å². The van der Waals surface area contributed by atoms with Crippen LogP contribution in [0.1, 0.15) is 166 Å². The zero-order valence-corrected chi connectivity index (χ0v) is 25.7. The van der Waals surface area contributed by atoms with Crippen molar-refractivity contribution < 1.29 is 9.84 Å². The highest BCUT2D eigenvalue weighted by molar-refractivity contribution is 5.14. The molecule has 0 fully saturated rings. The molecule has 2 aromatic heterocycles. The maximum atomic E-state index is 9.78. The fourth-order valence-corrected chi connectivity index (χ4v) is 5.56. The molecule has 2 aromatic rings. The molecule has 0 saturated carbocycles. The second-order valence-electron chi connectivity index (χ2n) is 11.4. The van der Waals surface area contributed by atoms with E-state index in [-0.39, 0.29) is 12.7 Å². The summed E-state index contributed by atoms with van der Waals surface area (Å²) in [5.41, 5.74) is 0.701. The smallest absolute Gasteiger partial charge is 0.172 e. The maximum Gasteiger partial charge on any atom is 0.172 e. The Morgan fingerprint density at radius 2 is 1.13 bits per heavy atom. The molecule has 6 nitrogen and oxygen atoms in total. The van der Waals surface area contributed by atoms with Crippen molar-refractivity contribution in [1.82, 2.24) is 19.1 Å². The first-order valence-electron chi connectivity index (χ1n) is 16.5. The van der Waals surface area contributed by atoms with E-state index in [1.54, 1.807) is 7.11 Å². The molecular weight excluding hydrogens is 484 g/mol. The summed E-state index contributed by atoms with van der Waals surface area (Å²) in [7, 11) is 1.74. The van der Waals surface area contributed by atoms with E-state index in [0.29, 0.717) is 5.69 Å². The average molecular weight is 545 g/mol. The summed E-state index contributed by atoms with van der Waals surface area (Å²) in [6.07, 6.45) is 32.2. The number of aliphatic hydroxyl groups is 1. The topological polar surface area (TPSA) is 65.1 Å². The minimum Gasteiger partial charge on any atom is -0.390 e. The molecule has 0 aliphatic heterocycles. The Labute approximate surface area is 240 Å². The van der Waals surface area contributed by atoms with Crippen LogP contribution in [-0.4, -0.2) is 31.3 Å². The number of hydrogen-bond donors (Lipinski definition) is 1. The van der Waals surface area contributed by atoms with Gasteiger partial charge in [-0.1, -0.05) is 129 Å². The summed E-state index contributed by atoms with van der Waals surface area (Å²) in [5, 5.41) is 9.78. The predicted octanol–water partition coefficient (Wildman–Crippen LogP) is 9.15. The van der Waals surface area contributed by atoms with Gasteiger partial charge in [0.1, 0.15) is 11.6 Å². The second kappa shape index (κ2) is 22.1. The van der Waals surface area contributed by atoms with Gasteiger partial charge in [-0.3, -0.25) is 0 Å². The molecule has 0 amide bonds. The normalized spacial score (nSPS) is 12.4. The molecule has 0 aliphatic rings. The Bertz CT molecular complexity index is 832. The number of aliphatic hydroxyl groups excluding tert-OH is 1. The van der Waals surface area contributed by atoms with Gasteiger partial charge in [-0.2, -0.15) is 0 Å². The van der Waals surface area contributed by atoms with Crippen molar-refractivity contribution in [2.45, 2.75) is 168 Å². The first-order chi connectivity index (χ1) is 19.2. The third-order valence-corrected chi connectivity index (χ3v) is 7.98. The molecule has 1 unspecified atom stereocenters. The standard InChI is InChI=1S/C33H60N4O2/c1-4-6-8-10-12-14-16-18-20-22-25-36-27-24-34-32(36)31(39-3)33-35-30(29-38)28-37(33)26-23-21-19-17-15-13-11-9-7-5-2/h24,27-28,31,38H,4-23,25-26,29H2,1-3H3. The van der Waals surface area contributed by atoms with Crippen molar-refractivity contribution >= 4 is 0 Å². The Morgan fingerprint density at radius 3 is 1.59 bits per heavy atom. The van der Waals surface area contributed by atoms with Gasteiger partial charge >= 0.3 is 0 Å². The van der Waals surface area contributed by atoms with Gasteiger partial charge in [0, 0.05) is 38.8 Å². The summed E-state index contributed by atoms with van der Waals surface area (Å²) in [6, 6.07) is 0. The largest absolute Gasteiger partial charge is 0.390 e. The van der Waals surface area contributed by atoms with Gasteiger partial charge in [0.25, 0.3) is 0 Å². The van der Waals surface area contributed by atoms with Crippen molar-refractivity contribution in [1.29, 1.82) is 0 Å². The van der Waals surface area contributed by atoms with Gasteiger partial charge in [-0.15, -0.1) is 0 Å². The van der Waals surface area contributed by atoms with Crippen LogP contribution in [0.4, 0.5) is 0 Å². The molecule has 0 bridgehead atoms. The summed E-state index contributed by atoms with van der Waals surface area (Å²) in [4.78, 5) is 9.43. The molecule has 2 rings (SSSR count). The lowest BCUT2D eigenvalue weighted by atomic mass is 10.1. The highest BCUT2D eigenvalue weighted by atomic mass is 16.5. The number of aryl methyl sites for hydroxylation is 2.